The molecule has 0 spiro atoms. The van der Waals surface area contributed by atoms with E-state index >= 15 is 0 Å². The zero-order valence-corrected chi connectivity index (χ0v) is 20.8. The van der Waals surface area contributed by atoms with Crippen LogP contribution in [0.2, 0.25) is 0 Å². The van der Waals surface area contributed by atoms with E-state index in [1.807, 2.05) is 73.7 Å². The lowest BCUT2D eigenvalue weighted by Gasteiger charge is -2.35. The van der Waals surface area contributed by atoms with Crippen LogP contribution >= 0.6 is 0 Å². The van der Waals surface area contributed by atoms with Gasteiger partial charge in [0.25, 0.3) is 0 Å². The van der Waals surface area contributed by atoms with Gasteiger partial charge in [0, 0.05) is 12.6 Å². The average Bonchev–Trinajstić information content (AvgIpc) is 3.30. The fourth-order valence-corrected chi connectivity index (χ4v) is 5.16. The number of pyridine rings is 1. The lowest BCUT2D eigenvalue weighted by atomic mass is 9.80. The second-order valence-corrected chi connectivity index (χ2v) is 9.65. The van der Waals surface area contributed by atoms with E-state index in [4.69, 9.17) is 14.6 Å². The summed E-state index contributed by atoms with van der Waals surface area (Å²) in [5, 5.41) is 11.0. The summed E-state index contributed by atoms with van der Waals surface area (Å²) in [6.45, 7) is 2.05. The zero-order valence-electron chi connectivity index (χ0n) is 20.8. The molecule has 2 heterocycles. The molecule has 186 valence electrons. The van der Waals surface area contributed by atoms with E-state index in [9.17, 15) is 4.79 Å². The van der Waals surface area contributed by atoms with Crippen LogP contribution in [0, 0.1) is 6.92 Å². The predicted molar refractivity (Wildman–Crippen MR) is 138 cm³/mol. The molecule has 0 saturated heterocycles. The number of nitrogens with zero attached hydrogens (tertiary/aromatic N) is 4. The molecule has 0 unspecified atom stereocenters. The van der Waals surface area contributed by atoms with Crippen LogP contribution < -0.4 is 9.75 Å². The fraction of sp³-hybridized carbons (Fsp3) is 0.379. The third-order valence-corrected chi connectivity index (χ3v) is 7.08. The van der Waals surface area contributed by atoms with E-state index < -0.39 is 11.6 Å². The highest BCUT2D eigenvalue weighted by Gasteiger charge is 2.56. The molecule has 0 bridgehead atoms. The molecule has 3 aromatic rings. The molecule has 1 aliphatic carbocycles. The molecule has 0 amide bonds. The molecule has 2 atom stereocenters. The quantitative estimate of drug-likeness (QED) is 0.374. The monoisotopic (exact) mass is 484 g/mol. The molecule has 0 N–H and O–H groups in total. The van der Waals surface area contributed by atoms with Crippen LogP contribution in [-0.4, -0.2) is 29.7 Å². The summed E-state index contributed by atoms with van der Waals surface area (Å²) < 4.78 is 11.7. The van der Waals surface area contributed by atoms with E-state index in [0.717, 1.165) is 48.1 Å². The topological polar surface area (TPSA) is 76.4 Å². The van der Waals surface area contributed by atoms with Gasteiger partial charge in [0.2, 0.25) is 5.54 Å². The lowest BCUT2D eigenvalue weighted by Crippen LogP contribution is -2.49. The van der Waals surface area contributed by atoms with Crippen molar-refractivity contribution >= 4 is 11.8 Å². The summed E-state index contributed by atoms with van der Waals surface area (Å²) in [5.41, 5.74) is 1.71. The third kappa shape index (κ3) is 4.83. The van der Waals surface area contributed by atoms with Gasteiger partial charge >= 0.3 is 5.97 Å². The van der Waals surface area contributed by atoms with Crippen molar-refractivity contribution in [2.24, 2.45) is 10.3 Å². The highest BCUT2D eigenvalue weighted by atomic mass is 16.5. The zero-order chi connectivity index (χ0) is 25.0. The highest BCUT2D eigenvalue weighted by Crippen LogP contribution is 2.46. The molecule has 36 heavy (non-hydrogen) atoms. The van der Waals surface area contributed by atoms with Crippen molar-refractivity contribution in [1.29, 1.82) is 0 Å². The Morgan fingerprint density at radius 2 is 1.83 bits per heavy atom. The SMILES string of the molecule is COc1cccc(C[C@]2(C(=O)OC3CCCCC3)N=NN(c3ccccn3)[C@H]2c2ccc(C)cc2)c1. The highest BCUT2D eigenvalue weighted by molar-refractivity contribution is 5.84. The molecular formula is C29H32N4O3. The van der Waals surface area contributed by atoms with Gasteiger partial charge in [0.1, 0.15) is 17.9 Å². The van der Waals surface area contributed by atoms with Gasteiger partial charge in [-0.2, -0.15) is 0 Å². The van der Waals surface area contributed by atoms with Crippen molar-refractivity contribution in [2.45, 2.75) is 63.1 Å². The van der Waals surface area contributed by atoms with E-state index in [2.05, 4.69) is 10.2 Å². The number of ether oxygens (including phenoxy) is 2. The molecule has 7 nitrogen and oxygen atoms in total. The number of methoxy groups -OCH3 is 1. The Labute approximate surface area is 212 Å². The third-order valence-electron chi connectivity index (χ3n) is 7.08. The Bertz CT molecular complexity index is 1210. The van der Waals surface area contributed by atoms with E-state index in [1.54, 1.807) is 18.3 Å². The molecule has 1 saturated carbocycles. The van der Waals surface area contributed by atoms with Crippen molar-refractivity contribution in [3.05, 3.63) is 89.6 Å². The van der Waals surface area contributed by atoms with Gasteiger partial charge in [-0.15, -0.1) is 5.11 Å². The van der Waals surface area contributed by atoms with Crippen LogP contribution in [0.3, 0.4) is 0 Å². The van der Waals surface area contributed by atoms with Crippen molar-refractivity contribution in [1.82, 2.24) is 4.98 Å². The largest absolute Gasteiger partial charge is 0.497 e. The molecule has 1 fully saturated rings. The van der Waals surface area contributed by atoms with Crippen LogP contribution in [0.25, 0.3) is 0 Å². The first kappa shape index (κ1) is 24.0. The first-order valence-corrected chi connectivity index (χ1v) is 12.6. The Balaban J connectivity index is 1.61. The maximum Gasteiger partial charge on any atom is 0.339 e. The van der Waals surface area contributed by atoms with Crippen LogP contribution in [0.5, 0.6) is 5.75 Å². The second kappa shape index (κ2) is 10.5. The Hall–Kier alpha value is -3.74. The molecule has 1 aromatic heterocycles. The molecule has 2 aromatic carbocycles. The second-order valence-electron chi connectivity index (χ2n) is 9.65. The number of benzene rings is 2. The Kier molecular flexibility index (Phi) is 6.98. The Morgan fingerprint density at radius 3 is 2.56 bits per heavy atom. The molecule has 7 heteroatoms. The Morgan fingerprint density at radius 1 is 1.03 bits per heavy atom. The number of rotatable bonds is 7. The number of hydrogen-bond acceptors (Lipinski definition) is 7. The summed E-state index contributed by atoms with van der Waals surface area (Å²) in [4.78, 5) is 18.7. The van der Waals surface area contributed by atoms with Crippen molar-refractivity contribution in [3.63, 3.8) is 0 Å². The summed E-state index contributed by atoms with van der Waals surface area (Å²) in [7, 11) is 1.64. The lowest BCUT2D eigenvalue weighted by molar-refractivity contribution is -0.157. The maximum atomic E-state index is 14.2. The number of carbonyl (C=O) groups excluding carboxylic acids is 1. The molecule has 5 rings (SSSR count). The van der Waals surface area contributed by atoms with Crippen molar-refractivity contribution in [2.75, 3.05) is 12.1 Å². The summed E-state index contributed by atoms with van der Waals surface area (Å²) >= 11 is 0. The smallest absolute Gasteiger partial charge is 0.339 e. The van der Waals surface area contributed by atoms with Gasteiger partial charge in [-0.05, 0) is 68.0 Å². The number of hydrogen-bond donors (Lipinski definition) is 0. The van der Waals surface area contributed by atoms with E-state index in [0.29, 0.717) is 12.2 Å². The van der Waals surface area contributed by atoms with Crippen LogP contribution in [0.4, 0.5) is 5.82 Å². The number of aryl methyl sites for hydroxylation is 1. The van der Waals surface area contributed by atoms with Gasteiger partial charge in [-0.1, -0.05) is 59.7 Å². The fourth-order valence-electron chi connectivity index (χ4n) is 5.16. The standard InChI is InChI=1S/C29H32N4O3/c1-21-14-16-23(17-15-21)27-29(20-22-9-8-12-25(19-22)35-2,28(34)36-24-10-4-3-5-11-24)31-32-33(27)26-13-6-7-18-30-26/h6-9,12-19,24,27H,3-5,10-11,20H2,1-2H3/t27-,29-/m0/s1. The summed E-state index contributed by atoms with van der Waals surface area (Å²) in [6, 6.07) is 21.1. The minimum atomic E-state index is -1.28. The van der Waals surface area contributed by atoms with E-state index in [1.165, 1.54) is 6.42 Å². The summed E-state index contributed by atoms with van der Waals surface area (Å²) in [5.74, 6) is 1.02. The first-order valence-electron chi connectivity index (χ1n) is 12.6. The van der Waals surface area contributed by atoms with Gasteiger partial charge in [0.05, 0.1) is 7.11 Å². The number of carbonyl (C=O) groups is 1. The number of aromatic nitrogens is 1. The molecular weight excluding hydrogens is 452 g/mol. The van der Waals surface area contributed by atoms with Crippen LogP contribution in [0.15, 0.2) is 83.3 Å². The minimum Gasteiger partial charge on any atom is -0.497 e. The van der Waals surface area contributed by atoms with E-state index in [-0.39, 0.29) is 12.1 Å². The van der Waals surface area contributed by atoms with Crippen LogP contribution in [-0.2, 0) is 16.0 Å². The van der Waals surface area contributed by atoms with Crippen molar-refractivity contribution in [3.8, 4) is 5.75 Å². The summed E-state index contributed by atoms with van der Waals surface area (Å²) in [6.07, 6.45) is 7.05. The molecule has 2 aliphatic rings. The van der Waals surface area contributed by atoms with Crippen LogP contribution in [0.1, 0.15) is 54.8 Å². The van der Waals surface area contributed by atoms with Gasteiger partial charge in [0.15, 0.2) is 5.82 Å². The predicted octanol–water partition coefficient (Wildman–Crippen LogP) is 6.18. The van der Waals surface area contributed by atoms with Crippen molar-refractivity contribution < 1.29 is 14.3 Å². The first-order chi connectivity index (χ1) is 17.6. The minimum absolute atomic E-state index is 0.0915. The molecule has 0 radical (unpaired) electrons. The van der Waals surface area contributed by atoms with Gasteiger partial charge < -0.3 is 9.47 Å². The maximum absolute atomic E-state index is 14.2. The number of anilines is 1. The average molecular weight is 485 g/mol. The van der Waals surface area contributed by atoms with Gasteiger partial charge in [-0.3, -0.25) is 0 Å². The van der Waals surface area contributed by atoms with Gasteiger partial charge in [-0.25, -0.2) is 14.8 Å². The normalized spacial score (nSPS) is 21.9. The molecule has 1 aliphatic heterocycles. The number of esters is 1.